The quantitative estimate of drug-likeness (QED) is 0.810. The summed E-state index contributed by atoms with van der Waals surface area (Å²) in [5, 5.41) is 13.0. The molecule has 0 aliphatic carbocycles. The van der Waals surface area contributed by atoms with Crippen LogP contribution in [0.15, 0.2) is 16.8 Å². The molecule has 2 heterocycles. The molecule has 6 nitrogen and oxygen atoms in total. The number of hydrogen-bond acceptors (Lipinski definition) is 5. The number of carbonyl (C=O) groups is 2. The molecular formula is C13H19N3O3S. The minimum atomic E-state index is -1.22. The van der Waals surface area contributed by atoms with Crippen LogP contribution in [0.2, 0.25) is 0 Å². The summed E-state index contributed by atoms with van der Waals surface area (Å²) < 4.78 is 0. The summed E-state index contributed by atoms with van der Waals surface area (Å²) in [6, 6.07) is 1.99. The van der Waals surface area contributed by atoms with Crippen LogP contribution in [-0.2, 0) is 16.1 Å². The summed E-state index contributed by atoms with van der Waals surface area (Å²) in [6.45, 7) is 1.55. The van der Waals surface area contributed by atoms with Crippen molar-refractivity contribution in [2.45, 2.75) is 18.5 Å². The van der Waals surface area contributed by atoms with Crippen molar-refractivity contribution in [2.24, 2.45) is 5.73 Å². The molecule has 0 bridgehead atoms. The highest BCUT2D eigenvalue weighted by Crippen LogP contribution is 2.19. The first kappa shape index (κ1) is 15.0. The fraction of sp³-hybridized carbons (Fsp3) is 0.538. The predicted molar refractivity (Wildman–Crippen MR) is 76.4 cm³/mol. The van der Waals surface area contributed by atoms with E-state index in [0.717, 1.165) is 5.56 Å². The van der Waals surface area contributed by atoms with Crippen molar-refractivity contribution < 1.29 is 14.7 Å². The number of rotatable bonds is 5. The van der Waals surface area contributed by atoms with Crippen LogP contribution < -0.4 is 5.73 Å². The van der Waals surface area contributed by atoms with E-state index in [0.29, 0.717) is 19.5 Å². The van der Waals surface area contributed by atoms with Gasteiger partial charge in [0.2, 0.25) is 5.91 Å². The third kappa shape index (κ3) is 3.36. The third-order valence-electron chi connectivity index (χ3n) is 3.59. The van der Waals surface area contributed by atoms with Crippen molar-refractivity contribution in [1.82, 2.24) is 9.80 Å². The summed E-state index contributed by atoms with van der Waals surface area (Å²) >= 11 is 1.60. The fourth-order valence-electron chi connectivity index (χ4n) is 2.28. The molecule has 0 spiro atoms. The molecule has 1 aliphatic heterocycles. The molecule has 1 amide bonds. The molecule has 1 aromatic heterocycles. The molecule has 1 saturated heterocycles. The van der Waals surface area contributed by atoms with E-state index in [1.54, 1.807) is 28.2 Å². The smallest absolute Gasteiger partial charge is 0.325 e. The van der Waals surface area contributed by atoms with Gasteiger partial charge in [-0.25, -0.2) is 0 Å². The van der Waals surface area contributed by atoms with E-state index in [1.807, 2.05) is 16.8 Å². The molecule has 1 atom stereocenters. The number of aliphatic carboxylic acids is 1. The molecule has 1 aliphatic rings. The average molecular weight is 297 g/mol. The number of likely N-dealkylation sites (tertiary alicyclic amines) is 1. The molecule has 1 unspecified atom stereocenters. The molecule has 0 aromatic carbocycles. The van der Waals surface area contributed by atoms with E-state index in [1.165, 1.54) is 0 Å². The SMILES string of the molecule is CN(Cc1ccsc1)C(=O)CN1CCC(N)(C(=O)O)C1. The van der Waals surface area contributed by atoms with Crippen LogP contribution in [-0.4, -0.2) is 59.0 Å². The summed E-state index contributed by atoms with van der Waals surface area (Å²) in [5.41, 5.74) is 5.68. The first-order valence-corrected chi connectivity index (χ1v) is 7.35. The third-order valence-corrected chi connectivity index (χ3v) is 4.32. The van der Waals surface area contributed by atoms with Crippen LogP contribution in [0.5, 0.6) is 0 Å². The molecule has 110 valence electrons. The van der Waals surface area contributed by atoms with E-state index in [2.05, 4.69) is 0 Å². The zero-order chi connectivity index (χ0) is 14.8. The van der Waals surface area contributed by atoms with Gasteiger partial charge in [-0.3, -0.25) is 14.5 Å². The summed E-state index contributed by atoms with van der Waals surface area (Å²) in [7, 11) is 1.75. The lowest BCUT2D eigenvalue weighted by Crippen LogP contribution is -2.50. The number of carbonyl (C=O) groups excluding carboxylic acids is 1. The number of carboxylic acid groups (broad SMARTS) is 1. The Labute approximate surface area is 121 Å². The van der Waals surface area contributed by atoms with Gasteiger partial charge in [0, 0.05) is 26.7 Å². The summed E-state index contributed by atoms with van der Waals surface area (Å²) in [5.74, 6) is -1.02. The maximum atomic E-state index is 12.1. The Hall–Kier alpha value is -1.44. The molecule has 1 fully saturated rings. The van der Waals surface area contributed by atoms with Crippen LogP contribution in [0.1, 0.15) is 12.0 Å². The van der Waals surface area contributed by atoms with E-state index >= 15 is 0 Å². The summed E-state index contributed by atoms with van der Waals surface area (Å²) in [6.07, 6.45) is 0.379. The second-order valence-electron chi connectivity index (χ2n) is 5.30. The minimum absolute atomic E-state index is 0.0224. The predicted octanol–water partition coefficient (Wildman–Crippen LogP) is 0.194. The molecule has 2 rings (SSSR count). The highest BCUT2D eigenvalue weighted by molar-refractivity contribution is 7.07. The van der Waals surface area contributed by atoms with Crippen molar-refractivity contribution in [1.29, 1.82) is 0 Å². The van der Waals surface area contributed by atoms with E-state index < -0.39 is 11.5 Å². The van der Waals surface area contributed by atoms with Crippen LogP contribution in [0, 0.1) is 0 Å². The van der Waals surface area contributed by atoms with Crippen molar-refractivity contribution in [3.05, 3.63) is 22.4 Å². The van der Waals surface area contributed by atoms with E-state index in [9.17, 15) is 9.59 Å². The van der Waals surface area contributed by atoms with Gasteiger partial charge in [0.15, 0.2) is 0 Å². The number of amides is 1. The Balaban J connectivity index is 1.85. The monoisotopic (exact) mass is 297 g/mol. The Kier molecular flexibility index (Phi) is 4.42. The van der Waals surface area contributed by atoms with Gasteiger partial charge < -0.3 is 15.7 Å². The second kappa shape index (κ2) is 5.90. The molecule has 20 heavy (non-hydrogen) atoms. The van der Waals surface area contributed by atoms with Gasteiger partial charge in [0.05, 0.1) is 6.54 Å². The number of hydrogen-bond donors (Lipinski definition) is 2. The lowest BCUT2D eigenvalue weighted by atomic mass is 10.0. The summed E-state index contributed by atoms with van der Waals surface area (Å²) in [4.78, 5) is 26.6. The van der Waals surface area contributed by atoms with Crippen molar-refractivity contribution in [2.75, 3.05) is 26.7 Å². The van der Waals surface area contributed by atoms with Gasteiger partial charge >= 0.3 is 5.97 Å². The number of thiophene rings is 1. The lowest BCUT2D eigenvalue weighted by molar-refractivity contribution is -0.143. The van der Waals surface area contributed by atoms with Gasteiger partial charge in [-0.15, -0.1) is 0 Å². The molecule has 7 heteroatoms. The first-order chi connectivity index (χ1) is 9.40. The minimum Gasteiger partial charge on any atom is -0.480 e. The molecule has 0 radical (unpaired) electrons. The van der Waals surface area contributed by atoms with Gasteiger partial charge in [-0.05, 0) is 28.8 Å². The standard InChI is InChI=1S/C13H19N3O3S/c1-15(6-10-2-5-20-8-10)11(17)7-16-4-3-13(14,9-16)12(18)19/h2,5,8H,3-4,6-7,9,14H2,1H3,(H,18,19). The Bertz CT molecular complexity index is 491. The fourth-order valence-corrected chi connectivity index (χ4v) is 2.94. The number of nitrogens with two attached hydrogens (primary N) is 1. The molecule has 1 aromatic rings. The van der Waals surface area contributed by atoms with Crippen molar-refractivity contribution in [3.8, 4) is 0 Å². The van der Waals surface area contributed by atoms with E-state index in [-0.39, 0.29) is 19.0 Å². The first-order valence-electron chi connectivity index (χ1n) is 6.40. The Morgan fingerprint density at radius 1 is 1.60 bits per heavy atom. The normalized spacial score (nSPS) is 22.9. The zero-order valence-electron chi connectivity index (χ0n) is 11.4. The Morgan fingerprint density at radius 2 is 2.35 bits per heavy atom. The molecular weight excluding hydrogens is 278 g/mol. The van der Waals surface area contributed by atoms with Crippen LogP contribution >= 0.6 is 11.3 Å². The second-order valence-corrected chi connectivity index (χ2v) is 6.08. The number of carboxylic acids is 1. The van der Waals surface area contributed by atoms with Crippen molar-refractivity contribution in [3.63, 3.8) is 0 Å². The zero-order valence-corrected chi connectivity index (χ0v) is 12.2. The molecule has 0 saturated carbocycles. The van der Waals surface area contributed by atoms with Gasteiger partial charge in [0.1, 0.15) is 5.54 Å². The highest BCUT2D eigenvalue weighted by Gasteiger charge is 2.41. The topological polar surface area (TPSA) is 86.9 Å². The maximum absolute atomic E-state index is 12.1. The molecule has 3 N–H and O–H groups in total. The van der Waals surface area contributed by atoms with Gasteiger partial charge in [0.25, 0.3) is 0 Å². The largest absolute Gasteiger partial charge is 0.480 e. The number of likely N-dealkylation sites (N-methyl/N-ethyl adjacent to an activating group) is 1. The lowest BCUT2D eigenvalue weighted by Gasteiger charge is -2.22. The average Bonchev–Trinajstić information content (AvgIpc) is 3.00. The van der Waals surface area contributed by atoms with Crippen LogP contribution in [0.25, 0.3) is 0 Å². The van der Waals surface area contributed by atoms with Crippen LogP contribution in [0.4, 0.5) is 0 Å². The Morgan fingerprint density at radius 3 is 2.90 bits per heavy atom. The van der Waals surface area contributed by atoms with E-state index in [4.69, 9.17) is 10.8 Å². The maximum Gasteiger partial charge on any atom is 0.325 e. The highest BCUT2D eigenvalue weighted by atomic mass is 32.1. The van der Waals surface area contributed by atoms with Gasteiger partial charge in [-0.1, -0.05) is 0 Å². The van der Waals surface area contributed by atoms with Crippen molar-refractivity contribution >= 4 is 23.2 Å². The van der Waals surface area contributed by atoms with Gasteiger partial charge in [-0.2, -0.15) is 11.3 Å². The number of nitrogens with zero attached hydrogens (tertiary/aromatic N) is 2. The van der Waals surface area contributed by atoms with Crippen LogP contribution in [0.3, 0.4) is 0 Å².